The van der Waals surface area contributed by atoms with Gasteiger partial charge in [0.25, 0.3) is 11.5 Å². The van der Waals surface area contributed by atoms with Crippen LogP contribution in [0.15, 0.2) is 23.0 Å². The Morgan fingerprint density at radius 3 is 2.78 bits per heavy atom. The van der Waals surface area contributed by atoms with E-state index < -0.39 is 0 Å². The maximum absolute atomic E-state index is 12.0. The van der Waals surface area contributed by atoms with Crippen LogP contribution in [0.2, 0.25) is 0 Å². The maximum Gasteiger partial charge on any atom is 0.268 e. The van der Waals surface area contributed by atoms with Gasteiger partial charge in [0.1, 0.15) is 5.69 Å². The molecule has 1 unspecified atom stereocenters. The number of pyridine rings is 1. The van der Waals surface area contributed by atoms with E-state index in [0.717, 1.165) is 26.1 Å². The molecule has 0 aromatic carbocycles. The summed E-state index contributed by atoms with van der Waals surface area (Å²) < 4.78 is 6.91. The first-order valence-corrected chi connectivity index (χ1v) is 6.34. The summed E-state index contributed by atoms with van der Waals surface area (Å²) in [6.45, 7) is 2.06. The van der Waals surface area contributed by atoms with Crippen LogP contribution in [-0.2, 0) is 11.3 Å². The van der Waals surface area contributed by atoms with Crippen molar-refractivity contribution in [3.05, 3.63) is 34.2 Å². The molecular formula is C13H16N2O3. The van der Waals surface area contributed by atoms with Crippen LogP contribution >= 0.6 is 0 Å². The molecular weight excluding hydrogens is 232 g/mol. The van der Waals surface area contributed by atoms with E-state index in [0.29, 0.717) is 18.2 Å². The van der Waals surface area contributed by atoms with E-state index in [2.05, 4.69) is 5.32 Å². The molecule has 0 radical (unpaired) electrons. The second-order valence-electron chi connectivity index (χ2n) is 4.89. The Labute approximate surface area is 105 Å². The fourth-order valence-electron chi connectivity index (χ4n) is 2.78. The Morgan fingerprint density at radius 1 is 1.22 bits per heavy atom. The number of nitrogens with zero attached hydrogens (tertiary/aromatic N) is 1. The number of carbonyl (C=O) groups excluding carboxylic acids is 1. The lowest BCUT2D eigenvalue weighted by Crippen LogP contribution is -2.52. The van der Waals surface area contributed by atoms with Crippen LogP contribution in [0.4, 0.5) is 0 Å². The fraction of sp³-hybridized carbons (Fsp3) is 0.538. The highest BCUT2D eigenvalue weighted by Gasteiger charge is 2.31. The summed E-state index contributed by atoms with van der Waals surface area (Å²) >= 11 is 0. The molecule has 96 valence electrons. The van der Waals surface area contributed by atoms with E-state index >= 15 is 0 Å². The molecule has 0 aliphatic carbocycles. The van der Waals surface area contributed by atoms with Crippen molar-refractivity contribution in [1.29, 1.82) is 0 Å². The first-order valence-electron chi connectivity index (χ1n) is 6.34. The molecule has 0 spiro atoms. The van der Waals surface area contributed by atoms with Crippen LogP contribution in [-0.4, -0.2) is 29.7 Å². The number of rotatable bonds is 1. The summed E-state index contributed by atoms with van der Waals surface area (Å²) in [5.74, 6) is 0.262. The van der Waals surface area contributed by atoms with Gasteiger partial charge in [-0.2, -0.15) is 0 Å². The molecule has 1 aromatic rings. The minimum absolute atomic E-state index is 0.0500. The second kappa shape index (κ2) is 4.57. The van der Waals surface area contributed by atoms with Gasteiger partial charge in [-0.15, -0.1) is 0 Å². The molecule has 0 saturated carbocycles. The van der Waals surface area contributed by atoms with E-state index in [4.69, 9.17) is 4.74 Å². The maximum atomic E-state index is 12.0. The first-order chi connectivity index (χ1) is 8.75. The number of nitrogens with one attached hydrogen (secondary N) is 1. The molecule has 1 fully saturated rings. The third-order valence-corrected chi connectivity index (χ3v) is 3.81. The van der Waals surface area contributed by atoms with Gasteiger partial charge in [0.05, 0.1) is 6.04 Å². The number of ether oxygens (including phenoxy) is 1. The summed E-state index contributed by atoms with van der Waals surface area (Å²) in [7, 11) is 0. The van der Waals surface area contributed by atoms with Crippen molar-refractivity contribution in [1.82, 2.24) is 9.88 Å². The number of amides is 1. The average Bonchev–Trinajstić information content (AvgIpc) is 2.41. The van der Waals surface area contributed by atoms with Gasteiger partial charge in [-0.3, -0.25) is 9.59 Å². The highest BCUT2D eigenvalue weighted by Crippen LogP contribution is 2.22. The van der Waals surface area contributed by atoms with Crippen molar-refractivity contribution in [2.75, 3.05) is 13.2 Å². The Bertz CT molecular complexity index is 517. The smallest absolute Gasteiger partial charge is 0.268 e. The molecule has 3 rings (SSSR count). The fourth-order valence-corrected chi connectivity index (χ4v) is 2.78. The zero-order valence-corrected chi connectivity index (χ0v) is 10.1. The van der Waals surface area contributed by atoms with E-state index in [-0.39, 0.29) is 17.5 Å². The lowest BCUT2D eigenvalue weighted by molar-refractivity contribution is 0.0463. The lowest BCUT2D eigenvalue weighted by Gasteiger charge is -2.34. The molecule has 5 nitrogen and oxygen atoms in total. The first kappa shape index (κ1) is 11.5. The van der Waals surface area contributed by atoms with Gasteiger partial charge in [-0.25, -0.2) is 0 Å². The monoisotopic (exact) mass is 248 g/mol. The molecule has 5 heteroatoms. The largest absolute Gasteiger partial charge is 0.381 e. The molecule has 1 N–H and O–H groups in total. The third-order valence-electron chi connectivity index (χ3n) is 3.81. The van der Waals surface area contributed by atoms with Gasteiger partial charge in [0.2, 0.25) is 0 Å². The average molecular weight is 248 g/mol. The predicted octanol–water partition coefficient (Wildman–Crippen LogP) is 0.387. The Kier molecular flexibility index (Phi) is 2.91. The molecule has 3 heterocycles. The summed E-state index contributed by atoms with van der Waals surface area (Å²) in [5, 5.41) is 3.02. The van der Waals surface area contributed by atoms with Crippen molar-refractivity contribution in [2.45, 2.75) is 25.4 Å². The number of fused-ring (bicyclic) bond motifs is 1. The van der Waals surface area contributed by atoms with E-state index in [1.807, 2.05) is 0 Å². The SMILES string of the molecule is O=C1NC(C2CCOCC2)Cn2c1cccc2=O. The van der Waals surface area contributed by atoms with Crippen LogP contribution in [0.25, 0.3) is 0 Å². The van der Waals surface area contributed by atoms with Gasteiger partial charge in [0, 0.05) is 25.8 Å². The highest BCUT2D eigenvalue weighted by atomic mass is 16.5. The number of carbonyl (C=O) groups is 1. The standard InChI is InChI=1S/C13H16N2O3/c16-12-3-1-2-11-13(17)14-10(8-15(11)12)9-4-6-18-7-5-9/h1-3,9-10H,4-8H2,(H,14,17). The van der Waals surface area contributed by atoms with Gasteiger partial charge in [-0.05, 0) is 24.8 Å². The zero-order chi connectivity index (χ0) is 12.5. The Hall–Kier alpha value is -1.62. The summed E-state index contributed by atoms with van der Waals surface area (Å²) in [5.41, 5.74) is 0.366. The van der Waals surface area contributed by atoms with Gasteiger partial charge in [0.15, 0.2) is 0 Å². The Morgan fingerprint density at radius 2 is 2.00 bits per heavy atom. The minimum Gasteiger partial charge on any atom is -0.381 e. The number of aromatic nitrogens is 1. The topological polar surface area (TPSA) is 60.3 Å². The number of hydrogen-bond donors (Lipinski definition) is 1. The van der Waals surface area contributed by atoms with Crippen LogP contribution in [0.3, 0.4) is 0 Å². The van der Waals surface area contributed by atoms with Gasteiger partial charge >= 0.3 is 0 Å². The quantitative estimate of drug-likeness (QED) is 0.782. The van der Waals surface area contributed by atoms with Crippen LogP contribution in [0.5, 0.6) is 0 Å². The van der Waals surface area contributed by atoms with Gasteiger partial charge < -0.3 is 14.6 Å². The van der Waals surface area contributed by atoms with Gasteiger partial charge in [-0.1, -0.05) is 6.07 Å². The van der Waals surface area contributed by atoms with Crippen LogP contribution in [0, 0.1) is 5.92 Å². The molecule has 1 amide bonds. The number of hydrogen-bond acceptors (Lipinski definition) is 3. The van der Waals surface area contributed by atoms with Crippen molar-refractivity contribution >= 4 is 5.91 Å². The normalized spacial score (nSPS) is 24.4. The van der Waals surface area contributed by atoms with Crippen molar-refractivity contribution in [3.8, 4) is 0 Å². The molecule has 0 bridgehead atoms. The molecule has 18 heavy (non-hydrogen) atoms. The van der Waals surface area contributed by atoms with Crippen molar-refractivity contribution in [2.24, 2.45) is 5.92 Å². The lowest BCUT2D eigenvalue weighted by atomic mass is 9.90. The van der Waals surface area contributed by atoms with E-state index in [1.54, 1.807) is 16.7 Å². The molecule has 2 aliphatic heterocycles. The predicted molar refractivity (Wildman–Crippen MR) is 65.5 cm³/mol. The van der Waals surface area contributed by atoms with E-state index in [9.17, 15) is 9.59 Å². The van der Waals surface area contributed by atoms with E-state index in [1.165, 1.54) is 6.07 Å². The molecule has 2 aliphatic rings. The minimum atomic E-state index is -0.143. The summed E-state index contributed by atoms with van der Waals surface area (Å²) in [4.78, 5) is 23.8. The van der Waals surface area contributed by atoms with Crippen LogP contribution in [0.1, 0.15) is 23.3 Å². The third kappa shape index (κ3) is 1.95. The van der Waals surface area contributed by atoms with Crippen LogP contribution < -0.4 is 10.9 Å². The highest BCUT2D eigenvalue weighted by molar-refractivity contribution is 5.93. The Balaban J connectivity index is 1.88. The molecule has 1 saturated heterocycles. The zero-order valence-electron chi connectivity index (χ0n) is 10.1. The molecule has 1 aromatic heterocycles. The van der Waals surface area contributed by atoms with Crippen molar-refractivity contribution < 1.29 is 9.53 Å². The second-order valence-corrected chi connectivity index (χ2v) is 4.89. The summed E-state index contributed by atoms with van der Waals surface area (Å²) in [6, 6.07) is 4.87. The summed E-state index contributed by atoms with van der Waals surface area (Å²) in [6.07, 6.45) is 1.89. The van der Waals surface area contributed by atoms with Crippen molar-refractivity contribution in [3.63, 3.8) is 0 Å². The molecule has 1 atom stereocenters.